The molecule has 2 amide bonds. The second-order valence-electron chi connectivity index (χ2n) is 11.4. The second kappa shape index (κ2) is 8.28. The van der Waals surface area contributed by atoms with Crippen molar-refractivity contribution in [3.63, 3.8) is 0 Å². The van der Waals surface area contributed by atoms with Crippen LogP contribution in [0.5, 0.6) is 0 Å². The summed E-state index contributed by atoms with van der Waals surface area (Å²) in [5.74, 6) is -2.49. The van der Waals surface area contributed by atoms with E-state index < -0.39 is 46.6 Å². The summed E-state index contributed by atoms with van der Waals surface area (Å²) in [6.07, 6.45) is 1.04. The Balaban J connectivity index is 2.14. The van der Waals surface area contributed by atoms with Crippen LogP contribution in [0, 0.1) is 23.7 Å². The molecule has 3 heterocycles. The normalized spacial score (nSPS) is 37.1. The number of nitrogens with zero attached hydrogens (tertiary/aromatic N) is 1. The Labute approximate surface area is 191 Å². The van der Waals surface area contributed by atoms with E-state index in [2.05, 4.69) is 5.32 Å². The molecule has 3 fully saturated rings. The lowest BCUT2D eigenvalue weighted by atomic mass is 9.62. The minimum Gasteiger partial charge on any atom is -0.466 e. The summed E-state index contributed by atoms with van der Waals surface area (Å²) in [5, 5.41) is 13.2. The van der Waals surface area contributed by atoms with E-state index in [0.717, 1.165) is 0 Å². The van der Waals surface area contributed by atoms with E-state index >= 15 is 0 Å². The summed E-state index contributed by atoms with van der Waals surface area (Å²) in [6.45, 7) is 15.2. The summed E-state index contributed by atoms with van der Waals surface area (Å²) >= 11 is 0. The largest absolute Gasteiger partial charge is 0.466 e. The van der Waals surface area contributed by atoms with Gasteiger partial charge in [-0.3, -0.25) is 14.4 Å². The average Bonchev–Trinajstić information content (AvgIpc) is 3.15. The van der Waals surface area contributed by atoms with Gasteiger partial charge < -0.3 is 24.8 Å². The van der Waals surface area contributed by atoms with Crippen LogP contribution in [0.3, 0.4) is 0 Å². The van der Waals surface area contributed by atoms with E-state index in [-0.39, 0.29) is 36.9 Å². The van der Waals surface area contributed by atoms with Crippen LogP contribution in [0.1, 0.15) is 68.2 Å². The first-order valence-corrected chi connectivity index (χ1v) is 11.8. The van der Waals surface area contributed by atoms with Gasteiger partial charge in [-0.1, -0.05) is 20.8 Å². The molecule has 0 radical (unpaired) electrons. The molecular formula is C24H40N2O6. The van der Waals surface area contributed by atoms with E-state index in [9.17, 15) is 19.5 Å². The summed E-state index contributed by atoms with van der Waals surface area (Å²) in [4.78, 5) is 42.2. The number of amides is 2. The average molecular weight is 453 g/mol. The van der Waals surface area contributed by atoms with E-state index in [1.165, 1.54) is 4.90 Å². The van der Waals surface area contributed by atoms with Crippen molar-refractivity contribution in [3.05, 3.63) is 0 Å². The number of carbonyl (C=O) groups excluding carboxylic acids is 3. The molecule has 3 aliphatic rings. The van der Waals surface area contributed by atoms with Crippen LogP contribution < -0.4 is 5.32 Å². The molecule has 3 aliphatic heterocycles. The highest BCUT2D eigenvalue weighted by Crippen LogP contribution is 2.65. The topological polar surface area (TPSA) is 105 Å². The summed E-state index contributed by atoms with van der Waals surface area (Å²) < 4.78 is 12.0. The lowest BCUT2D eigenvalue weighted by Crippen LogP contribution is -2.60. The van der Waals surface area contributed by atoms with Gasteiger partial charge in [-0.15, -0.1) is 0 Å². The number of rotatable bonds is 7. The number of ether oxygens (including phenoxy) is 2. The maximum atomic E-state index is 13.9. The van der Waals surface area contributed by atoms with Gasteiger partial charge in [0.05, 0.1) is 30.8 Å². The van der Waals surface area contributed by atoms with Crippen LogP contribution >= 0.6 is 0 Å². The molecule has 7 atom stereocenters. The molecule has 0 aromatic rings. The lowest BCUT2D eigenvalue weighted by molar-refractivity contribution is -0.162. The quantitative estimate of drug-likeness (QED) is 0.572. The molecule has 32 heavy (non-hydrogen) atoms. The van der Waals surface area contributed by atoms with E-state index in [1.807, 2.05) is 48.5 Å². The maximum absolute atomic E-state index is 13.9. The first-order valence-electron chi connectivity index (χ1n) is 11.8. The smallest absolute Gasteiger partial charge is 0.312 e. The Morgan fingerprint density at radius 3 is 2.47 bits per heavy atom. The van der Waals surface area contributed by atoms with Crippen molar-refractivity contribution >= 4 is 17.8 Å². The number of fused-ring (bicyclic) bond motifs is 1. The van der Waals surface area contributed by atoms with Crippen molar-refractivity contribution in [1.29, 1.82) is 0 Å². The fourth-order valence-electron chi connectivity index (χ4n) is 6.22. The molecule has 2 N–H and O–H groups in total. The first-order chi connectivity index (χ1) is 14.7. The Morgan fingerprint density at radius 2 is 1.97 bits per heavy atom. The molecule has 0 aromatic carbocycles. The highest BCUT2D eigenvalue weighted by Gasteiger charge is 2.80. The molecule has 3 rings (SSSR count). The standard InChI is InChI=1S/C24H40N2O6/c1-9-31-21(30)17-16-20(29)26(15(12-27)10-13(2)3)18(19(28)25-22(5,6)7)24(16)11-14(4)23(17,8)32-24/h13-18,27H,9-12H2,1-8H3,(H,25,28)/t14?,15-,16+,17-,18?,23+,24?/m1/s1. The fourth-order valence-corrected chi connectivity index (χ4v) is 6.22. The molecule has 8 heteroatoms. The number of hydrogen-bond acceptors (Lipinski definition) is 6. The van der Waals surface area contributed by atoms with Crippen LogP contribution in [-0.4, -0.2) is 69.8 Å². The van der Waals surface area contributed by atoms with Crippen molar-refractivity contribution in [2.45, 2.75) is 97.1 Å². The third-order valence-corrected chi connectivity index (χ3v) is 7.39. The Morgan fingerprint density at radius 1 is 1.34 bits per heavy atom. The van der Waals surface area contributed by atoms with Crippen molar-refractivity contribution in [3.8, 4) is 0 Å². The summed E-state index contributed by atoms with van der Waals surface area (Å²) in [6, 6.07) is -1.45. The van der Waals surface area contributed by atoms with Gasteiger partial charge in [-0.25, -0.2) is 0 Å². The molecule has 182 valence electrons. The van der Waals surface area contributed by atoms with Gasteiger partial charge in [-0.05, 0) is 59.3 Å². The Hall–Kier alpha value is -1.67. The third-order valence-electron chi connectivity index (χ3n) is 7.39. The molecule has 8 nitrogen and oxygen atoms in total. The SMILES string of the molecule is CCOC(=O)[C@H]1[C@H]2C(=O)N([C@@H](CO)CC(C)C)C(C(=O)NC(C)(C)C)C23CC(C)[C@]1(C)O3. The number of likely N-dealkylation sites (tertiary alicyclic amines) is 1. The zero-order valence-corrected chi connectivity index (χ0v) is 20.7. The predicted octanol–water partition coefficient (Wildman–Crippen LogP) is 1.88. The van der Waals surface area contributed by atoms with Gasteiger partial charge in [0.15, 0.2) is 0 Å². The monoisotopic (exact) mass is 452 g/mol. The van der Waals surface area contributed by atoms with Crippen LogP contribution in [-0.2, 0) is 23.9 Å². The predicted molar refractivity (Wildman–Crippen MR) is 118 cm³/mol. The zero-order valence-electron chi connectivity index (χ0n) is 20.7. The highest BCUT2D eigenvalue weighted by molar-refractivity contribution is 5.99. The molecule has 3 unspecified atom stereocenters. The second-order valence-corrected chi connectivity index (χ2v) is 11.4. The number of carbonyl (C=O) groups is 3. The van der Waals surface area contributed by atoms with Gasteiger partial charge in [0, 0.05) is 5.54 Å². The van der Waals surface area contributed by atoms with Gasteiger partial charge in [0.25, 0.3) is 0 Å². The minimum atomic E-state index is -1.12. The molecule has 3 saturated heterocycles. The Kier molecular flexibility index (Phi) is 6.46. The van der Waals surface area contributed by atoms with Crippen LogP contribution in [0.15, 0.2) is 0 Å². The minimum absolute atomic E-state index is 0.0384. The molecular weight excluding hydrogens is 412 g/mol. The van der Waals surface area contributed by atoms with Crippen LogP contribution in [0.2, 0.25) is 0 Å². The molecule has 2 bridgehead atoms. The van der Waals surface area contributed by atoms with E-state index in [1.54, 1.807) is 6.92 Å². The lowest BCUT2D eigenvalue weighted by Gasteiger charge is -2.39. The number of aliphatic hydroxyl groups excluding tert-OH is 1. The number of nitrogens with one attached hydrogen (secondary N) is 1. The van der Waals surface area contributed by atoms with Gasteiger partial charge in [-0.2, -0.15) is 0 Å². The molecule has 0 saturated carbocycles. The maximum Gasteiger partial charge on any atom is 0.312 e. The molecule has 0 aromatic heterocycles. The van der Waals surface area contributed by atoms with Crippen molar-refractivity contribution < 1.29 is 29.0 Å². The number of hydrogen-bond donors (Lipinski definition) is 2. The first kappa shape index (κ1) is 25.0. The highest BCUT2D eigenvalue weighted by atomic mass is 16.6. The van der Waals surface area contributed by atoms with Crippen molar-refractivity contribution in [2.75, 3.05) is 13.2 Å². The zero-order chi connectivity index (χ0) is 24.2. The molecule has 1 spiro atoms. The number of esters is 1. The van der Waals surface area contributed by atoms with Crippen molar-refractivity contribution in [1.82, 2.24) is 10.2 Å². The van der Waals surface area contributed by atoms with E-state index in [0.29, 0.717) is 12.8 Å². The van der Waals surface area contributed by atoms with Crippen LogP contribution in [0.4, 0.5) is 0 Å². The van der Waals surface area contributed by atoms with Crippen molar-refractivity contribution in [2.24, 2.45) is 23.7 Å². The van der Waals surface area contributed by atoms with Gasteiger partial charge >= 0.3 is 5.97 Å². The summed E-state index contributed by atoms with van der Waals surface area (Å²) in [7, 11) is 0. The molecule has 0 aliphatic carbocycles. The van der Waals surface area contributed by atoms with Gasteiger partial charge in [0.2, 0.25) is 11.8 Å². The third kappa shape index (κ3) is 3.73. The number of aliphatic hydroxyl groups is 1. The van der Waals surface area contributed by atoms with E-state index in [4.69, 9.17) is 9.47 Å². The fraction of sp³-hybridized carbons (Fsp3) is 0.875. The van der Waals surface area contributed by atoms with Crippen LogP contribution in [0.25, 0.3) is 0 Å². The van der Waals surface area contributed by atoms with Gasteiger partial charge in [0.1, 0.15) is 17.6 Å². The summed E-state index contributed by atoms with van der Waals surface area (Å²) in [5.41, 5.74) is -2.52. The Bertz CT molecular complexity index is 777.